The maximum atomic E-state index is 13.1. The second kappa shape index (κ2) is 9.53. The van der Waals surface area contributed by atoms with Gasteiger partial charge in [0.15, 0.2) is 5.78 Å². The number of anilines is 1. The molecule has 34 heavy (non-hydrogen) atoms. The Kier molecular flexibility index (Phi) is 6.69. The highest BCUT2D eigenvalue weighted by Gasteiger charge is 2.28. The van der Waals surface area contributed by atoms with Gasteiger partial charge in [-0.05, 0) is 80.4 Å². The lowest BCUT2D eigenvalue weighted by Crippen LogP contribution is -2.43. The zero-order chi connectivity index (χ0) is 24.5. The van der Waals surface area contributed by atoms with Crippen LogP contribution < -0.4 is 15.4 Å². The van der Waals surface area contributed by atoms with Crippen LogP contribution in [-0.4, -0.2) is 24.3 Å². The number of fused-ring (bicyclic) bond motifs is 1. The molecule has 0 saturated heterocycles. The fraction of sp³-hybridized carbons (Fsp3) is 0.185. The Morgan fingerprint density at radius 3 is 2.29 bits per heavy atom. The molecule has 0 radical (unpaired) electrons. The van der Waals surface area contributed by atoms with Crippen LogP contribution in [0.25, 0.3) is 5.70 Å². The molecule has 0 unspecified atom stereocenters. The van der Waals surface area contributed by atoms with Crippen LogP contribution in [0.1, 0.15) is 45.7 Å². The molecule has 5 nitrogen and oxygen atoms in total. The summed E-state index contributed by atoms with van der Waals surface area (Å²) in [6.07, 6.45) is 2.45. The number of carbonyl (C=O) groups is 2. The number of halogens is 2. The Balaban J connectivity index is 1.54. The smallest absolute Gasteiger partial charge is 0.255 e. The summed E-state index contributed by atoms with van der Waals surface area (Å²) in [5.74, 6) is 0.248. The summed E-state index contributed by atoms with van der Waals surface area (Å²) >= 11 is 12.0. The molecule has 1 heterocycles. The Labute approximate surface area is 208 Å². The van der Waals surface area contributed by atoms with Crippen LogP contribution in [0, 0.1) is 0 Å². The molecule has 0 bridgehead atoms. The van der Waals surface area contributed by atoms with Crippen molar-refractivity contribution < 1.29 is 14.3 Å². The van der Waals surface area contributed by atoms with Crippen LogP contribution in [0.2, 0.25) is 10.0 Å². The van der Waals surface area contributed by atoms with E-state index in [9.17, 15) is 9.59 Å². The predicted molar refractivity (Wildman–Crippen MR) is 137 cm³/mol. The van der Waals surface area contributed by atoms with Gasteiger partial charge in [0.25, 0.3) is 5.91 Å². The fourth-order valence-electron chi connectivity index (χ4n) is 3.97. The minimum absolute atomic E-state index is 0.145. The summed E-state index contributed by atoms with van der Waals surface area (Å²) < 4.78 is 5.37. The number of amides is 1. The second-order valence-corrected chi connectivity index (χ2v) is 9.69. The first-order valence-corrected chi connectivity index (χ1v) is 11.5. The van der Waals surface area contributed by atoms with Gasteiger partial charge in [0.1, 0.15) is 5.75 Å². The molecule has 2 N–H and O–H groups in total. The predicted octanol–water partition coefficient (Wildman–Crippen LogP) is 6.40. The van der Waals surface area contributed by atoms with E-state index in [1.807, 2.05) is 18.2 Å². The van der Waals surface area contributed by atoms with Gasteiger partial charge in [-0.2, -0.15) is 0 Å². The van der Waals surface area contributed by atoms with Crippen molar-refractivity contribution in [2.24, 2.45) is 0 Å². The first-order chi connectivity index (χ1) is 16.1. The fourth-order valence-corrected chi connectivity index (χ4v) is 4.50. The summed E-state index contributed by atoms with van der Waals surface area (Å²) in [5.41, 5.74) is 4.08. The molecular weight excluding hydrogens is 471 g/mol. The van der Waals surface area contributed by atoms with E-state index < -0.39 is 0 Å². The van der Waals surface area contributed by atoms with Crippen molar-refractivity contribution in [3.05, 3.63) is 99.0 Å². The Morgan fingerprint density at radius 2 is 1.65 bits per heavy atom. The third-order valence-electron chi connectivity index (χ3n) is 5.54. The van der Waals surface area contributed by atoms with Crippen molar-refractivity contribution >= 4 is 46.3 Å². The van der Waals surface area contributed by atoms with Crippen molar-refractivity contribution in [2.75, 3.05) is 12.4 Å². The summed E-state index contributed by atoms with van der Waals surface area (Å²) in [6, 6.07) is 17.3. The number of ketones is 1. The lowest BCUT2D eigenvalue weighted by atomic mass is 9.85. The molecule has 3 aromatic carbocycles. The molecule has 1 amide bonds. The summed E-state index contributed by atoms with van der Waals surface area (Å²) in [7, 11) is 1.62. The van der Waals surface area contributed by atoms with Crippen LogP contribution in [0.3, 0.4) is 0 Å². The average Bonchev–Trinajstić information content (AvgIpc) is 2.78. The number of benzene rings is 3. The summed E-state index contributed by atoms with van der Waals surface area (Å²) in [6.45, 7) is 4.20. The molecule has 1 aliphatic heterocycles. The highest BCUT2D eigenvalue weighted by molar-refractivity contribution is 6.35. The highest BCUT2D eigenvalue weighted by Crippen LogP contribution is 2.32. The largest absolute Gasteiger partial charge is 0.497 e. The maximum absolute atomic E-state index is 13.1. The highest BCUT2D eigenvalue weighted by atomic mass is 35.5. The molecule has 0 saturated carbocycles. The molecule has 7 heteroatoms. The van der Waals surface area contributed by atoms with Crippen molar-refractivity contribution in [2.45, 2.75) is 25.8 Å². The molecule has 0 atom stereocenters. The van der Waals surface area contributed by atoms with Crippen molar-refractivity contribution in [1.82, 2.24) is 5.32 Å². The van der Waals surface area contributed by atoms with E-state index in [2.05, 4.69) is 24.5 Å². The van der Waals surface area contributed by atoms with Gasteiger partial charge in [-0.1, -0.05) is 29.3 Å². The Bertz CT molecular complexity index is 1280. The zero-order valence-electron chi connectivity index (χ0n) is 19.0. The average molecular weight is 495 g/mol. The molecule has 4 rings (SSSR count). The minimum Gasteiger partial charge on any atom is -0.497 e. The SMILES string of the molecule is COc1ccc2c(c1)C(=CC(=O)c1ccc(NC(=O)c3cc(Cl)cc(Cl)c3)cc1)NC(C)(C)C2. The number of methoxy groups -OCH3 is 1. The number of allylic oxidation sites excluding steroid dienone is 1. The Hall–Kier alpha value is -3.28. The minimum atomic E-state index is -0.343. The van der Waals surface area contributed by atoms with E-state index in [0.29, 0.717) is 26.9 Å². The van der Waals surface area contributed by atoms with Gasteiger partial charge >= 0.3 is 0 Å². The number of rotatable bonds is 5. The lowest BCUT2D eigenvalue weighted by Gasteiger charge is -2.35. The zero-order valence-corrected chi connectivity index (χ0v) is 20.6. The third kappa shape index (κ3) is 5.44. The monoisotopic (exact) mass is 494 g/mol. The van der Waals surface area contributed by atoms with Gasteiger partial charge in [0, 0.05) is 49.7 Å². The van der Waals surface area contributed by atoms with E-state index in [-0.39, 0.29) is 17.2 Å². The Morgan fingerprint density at radius 1 is 0.971 bits per heavy atom. The molecule has 1 aliphatic rings. The number of hydrogen-bond acceptors (Lipinski definition) is 4. The number of carbonyl (C=O) groups excluding carboxylic acids is 2. The van der Waals surface area contributed by atoms with Gasteiger partial charge < -0.3 is 15.4 Å². The van der Waals surface area contributed by atoms with E-state index in [0.717, 1.165) is 29.0 Å². The number of hydrogen-bond donors (Lipinski definition) is 2. The number of nitrogens with one attached hydrogen (secondary N) is 2. The quantitative estimate of drug-likeness (QED) is 0.318. The first kappa shape index (κ1) is 23.9. The topological polar surface area (TPSA) is 67.4 Å². The standard InChI is InChI=1S/C27H24Cl2N2O3/c1-27(2)15-17-6-9-22(34-3)13-23(17)24(31-27)14-25(32)16-4-7-21(8-5-16)30-26(33)18-10-19(28)12-20(29)11-18/h4-14,31H,15H2,1-3H3,(H,30,33). The van der Waals surface area contributed by atoms with Crippen LogP contribution >= 0.6 is 23.2 Å². The molecule has 0 spiro atoms. The van der Waals surface area contributed by atoms with Gasteiger partial charge in [-0.15, -0.1) is 0 Å². The van der Waals surface area contributed by atoms with E-state index >= 15 is 0 Å². The molecule has 3 aromatic rings. The van der Waals surface area contributed by atoms with Crippen molar-refractivity contribution in [3.8, 4) is 5.75 Å². The molecular formula is C27H24Cl2N2O3. The molecule has 174 valence electrons. The molecule has 0 aromatic heterocycles. The van der Waals surface area contributed by atoms with Gasteiger partial charge in [-0.3, -0.25) is 9.59 Å². The lowest BCUT2D eigenvalue weighted by molar-refractivity contribution is 0.102. The first-order valence-electron chi connectivity index (χ1n) is 10.7. The second-order valence-electron chi connectivity index (χ2n) is 8.82. The van der Waals surface area contributed by atoms with Crippen molar-refractivity contribution in [1.29, 1.82) is 0 Å². The van der Waals surface area contributed by atoms with Crippen LogP contribution in [0.5, 0.6) is 5.75 Å². The molecule has 0 fully saturated rings. The van der Waals surface area contributed by atoms with Crippen molar-refractivity contribution in [3.63, 3.8) is 0 Å². The molecule has 0 aliphatic carbocycles. The summed E-state index contributed by atoms with van der Waals surface area (Å²) in [5, 5.41) is 7.02. The van der Waals surface area contributed by atoms with Gasteiger partial charge in [-0.25, -0.2) is 0 Å². The maximum Gasteiger partial charge on any atom is 0.255 e. The van der Waals surface area contributed by atoms with E-state index in [1.165, 1.54) is 0 Å². The summed E-state index contributed by atoms with van der Waals surface area (Å²) in [4.78, 5) is 25.6. The van der Waals surface area contributed by atoms with Gasteiger partial charge in [0.05, 0.1) is 7.11 Å². The van der Waals surface area contributed by atoms with Crippen LogP contribution in [0.15, 0.2) is 66.7 Å². The number of ether oxygens (including phenoxy) is 1. The van der Waals surface area contributed by atoms with Crippen LogP contribution in [0.4, 0.5) is 5.69 Å². The third-order valence-corrected chi connectivity index (χ3v) is 5.98. The van der Waals surface area contributed by atoms with E-state index in [4.69, 9.17) is 27.9 Å². The normalized spacial score (nSPS) is 15.3. The van der Waals surface area contributed by atoms with Crippen LogP contribution in [-0.2, 0) is 6.42 Å². The van der Waals surface area contributed by atoms with E-state index in [1.54, 1.807) is 55.7 Å². The van der Waals surface area contributed by atoms with Gasteiger partial charge in [0.2, 0.25) is 0 Å².